The first-order chi connectivity index (χ1) is 13.3. The van der Waals surface area contributed by atoms with Gasteiger partial charge in [-0.15, -0.1) is 0 Å². The van der Waals surface area contributed by atoms with Gasteiger partial charge in [-0.2, -0.15) is 0 Å². The summed E-state index contributed by atoms with van der Waals surface area (Å²) in [4.78, 5) is 15.4. The van der Waals surface area contributed by atoms with Crippen molar-refractivity contribution in [2.24, 2.45) is 0 Å². The topological polar surface area (TPSA) is 29.5 Å². The third kappa shape index (κ3) is 3.78. The van der Waals surface area contributed by atoms with Gasteiger partial charge >= 0.3 is 0 Å². The molecule has 1 aliphatic heterocycles. The summed E-state index contributed by atoms with van der Waals surface area (Å²) in [5.41, 5.74) is 5.17. The van der Waals surface area contributed by atoms with Crippen LogP contribution in [0.2, 0.25) is 0 Å². The molecule has 0 aromatic heterocycles. The summed E-state index contributed by atoms with van der Waals surface area (Å²) >= 11 is 0. The van der Waals surface area contributed by atoms with E-state index in [1.165, 1.54) is 30.4 Å². The zero-order chi connectivity index (χ0) is 18.6. The van der Waals surface area contributed by atoms with E-state index in [9.17, 15) is 4.79 Å². The number of hydrogen-bond donors (Lipinski definition) is 0. The Hall–Kier alpha value is -2.55. The standard InChI is InChI=1S/C24H27NO2/c1-27-21-13-11-18(12-14-21)17-23-22-10-6-5-7-19(22)15-16-25(23)24(26)20-8-3-2-4-9-20/h2-4,8-9,11-14,23H,5-7,10,15-17H2,1H3. The zero-order valence-corrected chi connectivity index (χ0v) is 16.0. The molecule has 0 bridgehead atoms. The molecule has 0 fully saturated rings. The van der Waals surface area contributed by atoms with E-state index >= 15 is 0 Å². The average Bonchev–Trinajstić information content (AvgIpc) is 2.74. The Morgan fingerprint density at radius 2 is 1.74 bits per heavy atom. The first-order valence-corrected chi connectivity index (χ1v) is 9.96. The van der Waals surface area contributed by atoms with Gasteiger partial charge in [-0.25, -0.2) is 0 Å². The second-order valence-electron chi connectivity index (χ2n) is 7.52. The van der Waals surface area contributed by atoms with Crippen molar-refractivity contribution in [1.82, 2.24) is 4.90 Å². The molecule has 0 N–H and O–H groups in total. The maximum Gasteiger partial charge on any atom is 0.254 e. The summed E-state index contributed by atoms with van der Waals surface area (Å²) in [7, 11) is 1.69. The van der Waals surface area contributed by atoms with Gasteiger partial charge in [0, 0.05) is 12.1 Å². The van der Waals surface area contributed by atoms with Crippen LogP contribution < -0.4 is 4.74 Å². The second-order valence-corrected chi connectivity index (χ2v) is 7.52. The first kappa shape index (κ1) is 17.8. The molecule has 2 aromatic carbocycles. The summed E-state index contributed by atoms with van der Waals surface area (Å²) in [5.74, 6) is 1.03. The monoisotopic (exact) mass is 361 g/mol. The number of ether oxygens (including phenoxy) is 1. The Morgan fingerprint density at radius 1 is 1.00 bits per heavy atom. The number of hydrogen-bond acceptors (Lipinski definition) is 2. The minimum Gasteiger partial charge on any atom is -0.497 e. The van der Waals surface area contributed by atoms with Crippen molar-refractivity contribution >= 4 is 5.91 Å². The van der Waals surface area contributed by atoms with E-state index in [2.05, 4.69) is 17.0 Å². The first-order valence-electron chi connectivity index (χ1n) is 9.96. The van der Waals surface area contributed by atoms with Gasteiger partial charge in [-0.1, -0.05) is 35.9 Å². The molecule has 0 saturated carbocycles. The minimum atomic E-state index is 0.159. The van der Waals surface area contributed by atoms with Crippen LogP contribution in [0.3, 0.4) is 0 Å². The van der Waals surface area contributed by atoms with Crippen LogP contribution in [0.1, 0.15) is 48.0 Å². The SMILES string of the molecule is COc1ccc(CC2C3=C(CCCC3)CCN2C(=O)c2ccccc2)cc1. The van der Waals surface area contributed by atoms with Gasteiger partial charge in [0.05, 0.1) is 13.2 Å². The minimum absolute atomic E-state index is 0.159. The largest absolute Gasteiger partial charge is 0.497 e. The molecule has 1 unspecified atom stereocenters. The quantitative estimate of drug-likeness (QED) is 0.716. The van der Waals surface area contributed by atoms with Crippen LogP contribution in [0, 0.1) is 0 Å². The fraction of sp³-hybridized carbons (Fsp3) is 0.375. The highest BCUT2D eigenvalue weighted by atomic mass is 16.5. The maximum atomic E-state index is 13.3. The van der Waals surface area contributed by atoms with E-state index < -0.39 is 0 Å². The third-order valence-corrected chi connectivity index (χ3v) is 5.93. The number of nitrogens with zero attached hydrogens (tertiary/aromatic N) is 1. The van der Waals surface area contributed by atoms with Crippen molar-refractivity contribution in [1.29, 1.82) is 0 Å². The maximum absolute atomic E-state index is 13.3. The van der Waals surface area contributed by atoms with E-state index in [0.29, 0.717) is 0 Å². The number of carbonyl (C=O) groups is 1. The Kier molecular flexibility index (Phi) is 5.28. The van der Waals surface area contributed by atoms with Crippen molar-refractivity contribution in [2.45, 2.75) is 44.6 Å². The Morgan fingerprint density at radius 3 is 2.48 bits per heavy atom. The fourth-order valence-electron chi connectivity index (χ4n) is 4.49. The van der Waals surface area contributed by atoms with Gasteiger partial charge in [-0.05, 0) is 73.9 Å². The fourth-order valence-corrected chi connectivity index (χ4v) is 4.49. The Bertz CT molecular complexity index is 823. The van der Waals surface area contributed by atoms with E-state index in [4.69, 9.17) is 4.74 Å². The lowest BCUT2D eigenvalue weighted by Crippen LogP contribution is -2.47. The zero-order valence-electron chi connectivity index (χ0n) is 16.0. The van der Waals surface area contributed by atoms with Crippen molar-refractivity contribution in [3.8, 4) is 5.75 Å². The predicted molar refractivity (Wildman–Crippen MR) is 108 cm³/mol. The molecule has 2 aromatic rings. The average molecular weight is 361 g/mol. The van der Waals surface area contributed by atoms with Crippen LogP contribution in [-0.2, 0) is 6.42 Å². The number of benzene rings is 2. The molecule has 1 aliphatic carbocycles. The van der Waals surface area contributed by atoms with Gasteiger partial charge in [0.15, 0.2) is 0 Å². The molecular formula is C24H27NO2. The molecule has 27 heavy (non-hydrogen) atoms. The Balaban J connectivity index is 1.65. The highest BCUT2D eigenvalue weighted by Gasteiger charge is 2.33. The Labute approximate surface area is 161 Å². The molecular weight excluding hydrogens is 334 g/mol. The number of methoxy groups -OCH3 is 1. The van der Waals surface area contributed by atoms with Gasteiger partial charge in [0.2, 0.25) is 0 Å². The van der Waals surface area contributed by atoms with Gasteiger partial charge < -0.3 is 9.64 Å². The summed E-state index contributed by atoms with van der Waals surface area (Å²) in [6.07, 6.45) is 6.79. The lowest BCUT2D eigenvalue weighted by atomic mass is 9.80. The van der Waals surface area contributed by atoms with Crippen LogP contribution >= 0.6 is 0 Å². The number of amides is 1. The highest BCUT2D eigenvalue weighted by Crippen LogP contribution is 2.37. The summed E-state index contributed by atoms with van der Waals surface area (Å²) in [5, 5.41) is 0. The molecule has 3 nitrogen and oxygen atoms in total. The number of carbonyl (C=O) groups excluding carboxylic acids is 1. The van der Waals surface area contributed by atoms with Gasteiger partial charge in [-0.3, -0.25) is 4.79 Å². The summed E-state index contributed by atoms with van der Waals surface area (Å²) < 4.78 is 5.29. The van der Waals surface area contributed by atoms with Crippen LogP contribution in [-0.4, -0.2) is 30.5 Å². The van der Waals surface area contributed by atoms with E-state index in [-0.39, 0.29) is 11.9 Å². The van der Waals surface area contributed by atoms with Crippen LogP contribution in [0.25, 0.3) is 0 Å². The van der Waals surface area contributed by atoms with Crippen molar-refractivity contribution in [3.05, 3.63) is 76.9 Å². The summed E-state index contributed by atoms with van der Waals surface area (Å²) in [6, 6.07) is 18.2. The van der Waals surface area contributed by atoms with E-state index in [0.717, 1.165) is 37.1 Å². The van der Waals surface area contributed by atoms with Gasteiger partial charge in [0.1, 0.15) is 5.75 Å². The highest BCUT2D eigenvalue weighted by molar-refractivity contribution is 5.94. The predicted octanol–water partition coefficient (Wildman–Crippen LogP) is 5.02. The molecule has 2 aliphatic rings. The molecule has 1 heterocycles. The molecule has 1 amide bonds. The van der Waals surface area contributed by atoms with E-state index in [1.54, 1.807) is 12.7 Å². The molecule has 0 radical (unpaired) electrons. The molecule has 140 valence electrons. The normalized spacial score (nSPS) is 19.6. The van der Waals surface area contributed by atoms with Gasteiger partial charge in [0.25, 0.3) is 5.91 Å². The number of rotatable bonds is 4. The van der Waals surface area contributed by atoms with Crippen LogP contribution in [0.15, 0.2) is 65.7 Å². The lowest BCUT2D eigenvalue weighted by Gasteiger charge is -2.41. The van der Waals surface area contributed by atoms with Crippen LogP contribution in [0.5, 0.6) is 5.75 Å². The van der Waals surface area contributed by atoms with Crippen molar-refractivity contribution in [3.63, 3.8) is 0 Å². The summed E-state index contributed by atoms with van der Waals surface area (Å²) in [6.45, 7) is 0.827. The smallest absolute Gasteiger partial charge is 0.254 e. The van der Waals surface area contributed by atoms with E-state index in [1.807, 2.05) is 42.5 Å². The van der Waals surface area contributed by atoms with Crippen molar-refractivity contribution in [2.75, 3.05) is 13.7 Å². The molecule has 0 saturated heterocycles. The van der Waals surface area contributed by atoms with Crippen LogP contribution in [0.4, 0.5) is 0 Å². The van der Waals surface area contributed by atoms with Crippen molar-refractivity contribution < 1.29 is 9.53 Å². The molecule has 3 heteroatoms. The molecule has 1 atom stereocenters. The molecule has 0 spiro atoms. The second kappa shape index (κ2) is 7.99. The molecule has 4 rings (SSSR count). The third-order valence-electron chi connectivity index (χ3n) is 5.93. The lowest BCUT2D eigenvalue weighted by molar-refractivity contribution is 0.0685.